The third kappa shape index (κ3) is 9.13. The molecule has 1 aliphatic heterocycles. The molecule has 3 unspecified atom stereocenters. The average Bonchev–Trinajstić information content (AvgIpc) is 3.40. The van der Waals surface area contributed by atoms with Crippen molar-refractivity contribution in [1.29, 1.82) is 0 Å². The van der Waals surface area contributed by atoms with Gasteiger partial charge < -0.3 is 19.7 Å². The Bertz CT molecular complexity index is 1130. The summed E-state index contributed by atoms with van der Waals surface area (Å²) in [5.74, 6) is 0.981. The highest BCUT2D eigenvalue weighted by Crippen LogP contribution is 2.55. The van der Waals surface area contributed by atoms with Gasteiger partial charge in [0.25, 0.3) is 0 Å². The van der Waals surface area contributed by atoms with E-state index in [9.17, 15) is 9.59 Å². The molecule has 2 saturated carbocycles. The van der Waals surface area contributed by atoms with E-state index in [0.29, 0.717) is 31.4 Å². The van der Waals surface area contributed by atoms with Crippen LogP contribution in [-0.4, -0.2) is 98.7 Å². The zero-order valence-corrected chi connectivity index (χ0v) is 27.7. The van der Waals surface area contributed by atoms with Crippen molar-refractivity contribution in [3.63, 3.8) is 0 Å². The average molecular weight is 610 g/mol. The monoisotopic (exact) mass is 609 g/mol. The summed E-state index contributed by atoms with van der Waals surface area (Å²) in [7, 11) is 1.75. The molecule has 0 radical (unpaired) electrons. The maximum Gasteiger partial charge on any atom is 0.325 e. The van der Waals surface area contributed by atoms with Gasteiger partial charge in [0.15, 0.2) is 0 Å². The fourth-order valence-corrected chi connectivity index (χ4v) is 8.24. The number of likely N-dealkylation sites (tertiary alicyclic amines) is 1. The van der Waals surface area contributed by atoms with Gasteiger partial charge in [0.05, 0.1) is 24.3 Å². The van der Waals surface area contributed by atoms with Crippen molar-refractivity contribution in [2.24, 2.45) is 27.2 Å². The number of rotatable bonds is 15. The van der Waals surface area contributed by atoms with Gasteiger partial charge in [0, 0.05) is 38.5 Å². The molecule has 4 rings (SSSR count). The second kappa shape index (κ2) is 15.5. The van der Waals surface area contributed by atoms with Crippen LogP contribution in [0.15, 0.2) is 34.3 Å². The number of ether oxygens (including phenoxy) is 2. The Morgan fingerprint density at radius 1 is 1.14 bits per heavy atom. The summed E-state index contributed by atoms with van der Waals surface area (Å²) in [6.07, 6.45) is 8.19. The van der Waals surface area contributed by atoms with Crippen LogP contribution in [0.3, 0.4) is 0 Å². The highest BCUT2D eigenvalue weighted by Gasteiger charge is 2.51. The minimum absolute atomic E-state index is 0.0130. The molecule has 2 aliphatic carbocycles. The predicted octanol–water partition coefficient (Wildman–Crippen LogP) is 5.24. The predicted molar refractivity (Wildman–Crippen MR) is 178 cm³/mol. The van der Waals surface area contributed by atoms with Crippen molar-refractivity contribution in [2.75, 3.05) is 51.8 Å². The Labute approximate surface area is 264 Å². The number of benzene rings is 1. The quantitative estimate of drug-likeness (QED) is 0.166. The van der Waals surface area contributed by atoms with Crippen molar-refractivity contribution in [1.82, 2.24) is 9.80 Å². The summed E-state index contributed by atoms with van der Waals surface area (Å²) in [6.45, 7) is 16.9. The third-order valence-corrected chi connectivity index (χ3v) is 9.89. The maximum absolute atomic E-state index is 13.6. The number of hydrogen-bond donors (Lipinski definition) is 1. The van der Waals surface area contributed by atoms with Crippen LogP contribution >= 0.6 is 0 Å². The van der Waals surface area contributed by atoms with Crippen LogP contribution in [0.2, 0.25) is 0 Å². The van der Waals surface area contributed by atoms with Gasteiger partial charge in [-0.3, -0.25) is 24.5 Å². The fourth-order valence-electron chi connectivity index (χ4n) is 8.24. The lowest BCUT2D eigenvalue weighted by atomic mass is 9.56. The fraction of sp³-hybridized carbons (Fsp3) is 0.714. The van der Waals surface area contributed by atoms with E-state index in [4.69, 9.17) is 9.47 Å². The molecule has 2 bridgehead atoms. The lowest BCUT2D eigenvalue weighted by molar-refractivity contribution is -0.168. The lowest BCUT2D eigenvalue weighted by Gasteiger charge is -2.54. The molecule has 1 N–H and O–H groups in total. The van der Waals surface area contributed by atoms with Crippen molar-refractivity contribution >= 4 is 30.5 Å². The number of carbonyl (C=O) groups excluding carboxylic acids is 2. The van der Waals surface area contributed by atoms with E-state index in [0.717, 1.165) is 57.4 Å². The van der Waals surface area contributed by atoms with Gasteiger partial charge in [-0.25, -0.2) is 0 Å². The molecule has 1 aromatic carbocycles. The Kier molecular flexibility index (Phi) is 12.0. The third-order valence-electron chi connectivity index (χ3n) is 9.89. The van der Waals surface area contributed by atoms with Gasteiger partial charge in [-0.2, -0.15) is 0 Å². The Morgan fingerprint density at radius 2 is 1.89 bits per heavy atom. The summed E-state index contributed by atoms with van der Waals surface area (Å²) >= 11 is 0. The van der Waals surface area contributed by atoms with Crippen LogP contribution in [0.5, 0.6) is 0 Å². The molecule has 9 nitrogen and oxygen atoms in total. The molecule has 1 aromatic rings. The van der Waals surface area contributed by atoms with Gasteiger partial charge in [-0.15, -0.1) is 0 Å². The molecule has 0 spiro atoms. The first kappa shape index (κ1) is 34.1. The molecular weight excluding hydrogens is 554 g/mol. The largest absolute Gasteiger partial charge is 0.462 e. The summed E-state index contributed by atoms with van der Waals surface area (Å²) in [5, 5.41) is 3.17. The van der Waals surface area contributed by atoms with Crippen LogP contribution in [0.25, 0.3) is 0 Å². The van der Waals surface area contributed by atoms with Crippen LogP contribution in [0.1, 0.15) is 78.2 Å². The van der Waals surface area contributed by atoms with E-state index in [1.165, 1.54) is 12.0 Å². The van der Waals surface area contributed by atoms with E-state index >= 15 is 0 Å². The summed E-state index contributed by atoms with van der Waals surface area (Å²) < 4.78 is 12.2. The number of aliphatic imine (C=N–C) groups is 2. The molecule has 1 heterocycles. The van der Waals surface area contributed by atoms with Gasteiger partial charge in [-0.1, -0.05) is 39.8 Å². The molecule has 1 saturated heterocycles. The highest BCUT2D eigenvalue weighted by molar-refractivity contribution is 5.82. The molecule has 1 amide bonds. The molecule has 6 atom stereocenters. The first-order valence-corrected chi connectivity index (χ1v) is 16.6. The Hall–Kier alpha value is -2.78. The van der Waals surface area contributed by atoms with E-state index < -0.39 is 0 Å². The minimum Gasteiger partial charge on any atom is -0.462 e. The topological polar surface area (TPSA) is 95.8 Å². The van der Waals surface area contributed by atoms with E-state index in [-0.39, 0.29) is 48.1 Å². The number of hydrogen-bond acceptors (Lipinski definition) is 8. The zero-order valence-electron chi connectivity index (χ0n) is 27.7. The normalized spacial score (nSPS) is 30.1. The van der Waals surface area contributed by atoms with E-state index in [1.54, 1.807) is 7.05 Å². The molecule has 44 heavy (non-hydrogen) atoms. The molecule has 3 aliphatic rings. The van der Waals surface area contributed by atoms with E-state index in [2.05, 4.69) is 66.7 Å². The maximum atomic E-state index is 13.6. The minimum atomic E-state index is -0.296. The van der Waals surface area contributed by atoms with Crippen molar-refractivity contribution < 1.29 is 19.1 Å². The molecular formula is C35H55N5O4. The van der Waals surface area contributed by atoms with E-state index in [1.807, 2.05) is 23.2 Å². The van der Waals surface area contributed by atoms with Crippen molar-refractivity contribution in [3.8, 4) is 0 Å². The van der Waals surface area contributed by atoms with Gasteiger partial charge >= 0.3 is 5.97 Å². The van der Waals surface area contributed by atoms with Crippen LogP contribution in [0, 0.1) is 17.3 Å². The summed E-state index contributed by atoms with van der Waals surface area (Å²) in [4.78, 5) is 38.9. The standard InChI is InChI=1S/C35H55N5O4/c1-7-39(8-2)23-27-9-11-29(12-10-27)38-22-33(42)43-13-14-44-35-17-26(3)15-28(19-35)18-34(4,25-35)20-32(41)40-24-30(37-6)16-31(40)21-36-5/h9-12,21,26,28,30-31,38H,6-8,13-20,22-25H2,1-5H3/t26-,28?,30+,31+,34?,35?/m1/s1. The lowest BCUT2D eigenvalue weighted by Crippen LogP contribution is -2.52. The second-order valence-corrected chi connectivity index (χ2v) is 13.8. The SMILES string of the molecule is C=N[C@H]1C[C@@H](C=NC)N(C(=O)CC2(C)CC3C[C@@H](C)CC(OCCOC(=O)CNc4ccc(CN(CC)CC)cc4)(C3)C2)C1. The number of anilines is 1. The molecule has 3 fully saturated rings. The Balaban J connectivity index is 1.26. The molecule has 0 aromatic heterocycles. The number of carbonyl (C=O) groups is 2. The van der Waals surface area contributed by atoms with Crippen LogP contribution < -0.4 is 5.32 Å². The van der Waals surface area contributed by atoms with Crippen molar-refractivity contribution in [3.05, 3.63) is 29.8 Å². The van der Waals surface area contributed by atoms with Crippen LogP contribution in [-0.2, 0) is 25.6 Å². The Morgan fingerprint density at radius 3 is 2.57 bits per heavy atom. The number of nitrogens with one attached hydrogen (secondary N) is 1. The summed E-state index contributed by atoms with van der Waals surface area (Å²) in [6, 6.07) is 8.27. The van der Waals surface area contributed by atoms with Gasteiger partial charge in [-0.05, 0) is 93.3 Å². The zero-order chi connectivity index (χ0) is 31.7. The number of nitrogens with zero attached hydrogens (tertiary/aromatic N) is 4. The summed E-state index contributed by atoms with van der Waals surface area (Å²) in [5.41, 5.74) is 1.73. The molecule has 9 heteroatoms. The van der Waals surface area contributed by atoms with Gasteiger partial charge in [0.2, 0.25) is 5.91 Å². The van der Waals surface area contributed by atoms with Crippen LogP contribution in [0.4, 0.5) is 5.69 Å². The molecule has 244 valence electrons. The van der Waals surface area contributed by atoms with Gasteiger partial charge in [0.1, 0.15) is 13.2 Å². The first-order chi connectivity index (χ1) is 21.1. The first-order valence-electron chi connectivity index (χ1n) is 16.6. The smallest absolute Gasteiger partial charge is 0.325 e. The number of fused-ring (bicyclic) bond motifs is 2. The highest BCUT2D eigenvalue weighted by atomic mass is 16.6. The number of amides is 1. The number of esters is 1. The van der Waals surface area contributed by atoms with Crippen molar-refractivity contribution in [2.45, 2.75) is 96.9 Å². The second-order valence-electron chi connectivity index (χ2n) is 13.8.